The van der Waals surface area contributed by atoms with Crippen LogP contribution in [0.2, 0.25) is 4.34 Å². The summed E-state index contributed by atoms with van der Waals surface area (Å²) < 4.78 is 5.88. The molecule has 1 aliphatic rings. The molecule has 0 bridgehead atoms. The summed E-state index contributed by atoms with van der Waals surface area (Å²) in [5.74, 6) is -0.154. The Morgan fingerprint density at radius 3 is 2.68 bits per heavy atom. The number of carbonyl (C=O) groups excluding carboxylic acids is 2. The smallest absolute Gasteiger partial charge is 0.223 e. The number of hydrogen-bond donors (Lipinski definition) is 0. The van der Waals surface area contributed by atoms with Gasteiger partial charge in [0.1, 0.15) is 0 Å². The number of Topliss-reactive ketones (excluding diaryl/α,β-unsaturated/α-hetero) is 1. The summed E-state index contributed by atoms with van der Waals surface area (Å²) in [4.78, 5) is 29.1. The average molecular weight is 384 g/mol. The fourth-order valence-corrected chi connectivity index (χ4v) is 3.61. The third-order valence-electron chi connectivity index (χ3n) is 4.05. The van der Waals surface area contributed by atoms with E-state index in [2.05, 4.69) is 11.0 Å². The highest BCUT2D eigenvalue weighted by atomic mass is 35.5. The second-order valence-electron chi connectivity index (χ2n) is 5.77. The first-order valence-electron chi connectivity index (χ1n) is 8.33. The van der Waals surface area contributed by atoms with Crippen LogP contribution < -0.4 is 0 Å². The van der Waals surface area contributed by atoms with Gasteiger partial charge in [-0.1, -0.05) is 11.6 Å². The molecule has 0 aliphatic carbocycles. The number of halogens is 1. The quantitative estimate of drug-likeness (QED) is 0.612. The number of thiophene rings is 1. The first-order chi connectivity index (χ1) is 12.1. The van der Waals surface area contributed by atoms with Crippen molar-refractivity contribution < 1.29 is 14.3 Å². The summed E-state index contributed by atoms with van der Waals surface area (Å²) in [6.45, 7) is 4.87. The second kappa shape index (κ2) is 10.5. The molecule has 0 spiro atoms. The van der Waals surface area contributed by atoms with Gasteiger partial charge in [-0.3, -0.25) is 14.5 Å². The Morgan fingerprint density at radius 1 is 1.28 bits per heavy atom. The molecule has 0 atom stereocenters. The van der Waals surface area contributed by atoms with Gasteiger partial charge in [0, 0.05) is 45.6 Å². The van der Waals surface area contributed by atoms with Gasteiger partial charge in [0.05, 0.1) is 34.9 Å². The molecular weight excluding hydrogens is 362 g/mol. The molecule has 0 unspecified atom stereocenters. The predicted octanol–water partition coefficient (Wildman–Crippen LogP) is 2.44. The lowest BCUT2D eigenvalue weighted by Gasteiger charge is -2.29. The molecule has 2 rings (SSSR count). The van der Waals surface area contributed by atoms with E-state index in [1.807, 2.05) is 0 Å². The van der Waals surface area contributed by atoms with E-state index >= 15 is 0 Å². The normalized spacial score (nSPS) is 14.9. The zero-order valence-electron chi connectivity index (χ0n) is 14.1. The Kier molecular flexibility index (Phi) is 8.35. The maximum atomic E-state index is 12.5. The number of nitriles is 1. The molecule has 1 fully saturated rings. The van der Waals surface area contributed by atoms with Gasteiger partial charge < -0.3 is 9.64 Å². The monoisotopic (exact) mass is 383 g/mol. The lowest BCUT2D eigenvalue weighted by Crippen LogP contribution is -2.43. The maximum Gasteiger partial charge on any atom is 0.223 e. The zero-order valence-corrected chi connectivity index (χ0v) is 15.7. The number of carbonyl (C=O) groups is 2. The van der Waals surface area contributed by atoms with Crippen LogP contribution in [0.3, 0.4) is 0 Å². The van der Waals surface area contributed by atoms with E-state index in [0.29, 0.717) is 41.9 Å². The summed E-state index contributed by atoms with van der Waals surface area (Å²) in [6.07, 6.45) is 0.614. The van der Waals surface area contributed by atoms with Crippen LogP contribution in [0.25, 0.3) is 0 Å². The Balaban J connectivity index is 1.81. The highest BCUT2D eigenvalue weighted by Crippen LogP contribution is 2.23. The van der Waals surface area contributed by atoms with Crippen LogP contribution in [0.15, 0.2) is 12.1 Å². The van der Waals surface area contributed by atoms with Crippen LogP contribution >= 0.6 is 22.9 Å². The van der Waals surface area contributed by atoms with E-state index < -0.39 is 0 Å². The van der Waals surface area contributed by atoms with E-state index in [4.69, 9.17) is 21.6 Å². The van der Waals surface area contributed by atoms with Gasteiger partial charge in [0.25, 0.3) is 0 Å². The number of rotatable bonds is 9. The van der Waals surface area contributed by atoms with Gasteiger partial charge in [-0.15, -0.1) is 11.3 Å². The number of nitrogens with zero attached hydrogens (tertiary/aromatic N) is 3. The highest BCUT2D eigenvalue weighted by molar-refractivity contribution is 7.18. The minimum Gasteiger partial charge on any atom is -0.379 e. The number of ketones is 1. The van der Waals surface area contributed by atoms with Crippen molar-refractivity contribution in [1.29, 1.82) is 5.26 Å². The van der Waals surface area contributed by atoms with Gasteiger partial charge in [-0.05, 0) is 12.1 Å². The van der Waals surface area contributed by atoms with Gasteiger partial charge in [0.15, 0.2) is 5.78 Å². The average Bonchev–Trinajstić information content (AvgIpc) is 3.07. The largest absolute Gasteiger partial charge is 0.379 e. The van der Waals surface area contributed by atoms with Crippen molar-refractivity contribution in [3.63, 3.8) is 0 Å². The van der Waals surface area contributed by atoms with Crippen molar-refractivity contribution in [2.24, 2.45) is 0 Å². The number of ether oxygens (including phenoxy) is 1. The molecule has 0 saturated carbocycles. The molecular formula is C17H22ClN3O3S. The van der Waals surface area contributed by atoms with Crippen LogP contribution in [0, 0.1) is 11.3 Å². The van der Waals surface area contributed by atoms with Crippen molar-refractivity contribution in [3.8, 4) is 6.07 Å². The Labute approximate surface area is 156 Å². The first-order valence-corrected chi connectivity index (χ1v) is 9.53. The zero-order chi connectivity index (χ0) is 18.1. The summed E-state index contributed by atoms with van der Waals surface area (Å²) in [5.41, 5.74) is 0. The molecule has 1 aliphatic heterocycles. The molecule has 0 radical (unpaired) electrons. The van der Waals surface area contributed by atoms with Crippen molar-refractivity contribution in [3.05, 3.63) is 21.3 Å². The minimum atomic E-state index is -0.0838. The topological polar surface area (TPSA) is 73.6 Å². The van der Waals surface area contributed by atoms with Crippen LogP contribution in [-0.2, 0) is 9.53 Å². The lowest BCUT2D eigenvalue weighted by molar-refractivity contribution is -0.131. The van der Waals surface area contributed by atoms with Crippen molar-refractivity contribution in [2.75, 3.05) is 45.9 Å². The standard InChI is InChI=1S/C17H22ClN3O3S/c18-16-4-3-15(25-16)14(22)2-5-17(23)21(7-1-6-19)9-8-20-10-12-24-13-11-20/h3-4H,1-2,5,7-13H2. The summed E-state index contributed by atoms with van der Waals surface area (Å²) in [5, 5.41) is 8.80. The fraction of sp³-hybridized carbons (Fsp3) is 0.588. The molecule has 6 nitrogen and oxygen atoms in total. The van der Waals surface area contributed by atoms with Crippen LogP contribution in [0.1, 0.15) is 28.9 Å². The molecule has 0 N–H and O–H groups in total. The van der Waals surface area contributed by atoms with Crippen LogP contribution in [0.4, 0.5) is 0 Å². The van der Waals surface area contributed by atoms with E-state index in [-0.39, 0.29) is 24.5 Å². The van der Waals surface area contributed by atoms with Gasteiger partial charge >= 0.3 is 0 Å². The van der Waals surface area contributed by atoms with Crippen molar-refractivity contribution >= 4 is 34.6 Å². The van der Waals surface area contributed by atoms with Crippen LogP contribution in [0.5, 0.6) is 0 Å². The van der Waals surface area contributed by atoms with Crippen molar-refractivity contribution in [2.45, 2.75) is 19.3 Å². The minimum absolute atomic E-state index is 0.0707. The summed E-state index contributed by atoms with van der Waals surface area (Å²) >= 11 is 7.07. The molecule has 2 heterocycles. The van der Waals surface area contributed by atoms with Gasteiger partial charge in [0.2, 0.25) is 5.91 Å². The van der Waals surface area contributed by atoms with E-state index in [1.54, 1.807) is 17.0 Å². The summed E-state index contributed by atoms with van der Waals surface area (Å²) in [6, 6.07) is 5.45. The molecule has 136 valence electrons. The highest BCUT2D eigenvalue weighted by Gasteiger charge is 2.18. The third-order valence-corrected chi connectivity index (χ3v) is 5.32. The molecule has 25 heavy (non-hydrogen) atoms. The Bertz CT molecular complexity index is 623. The van der Waals surface area contributed by atoms with E-state index in [1.165, 1.54) is 11.3 Å². The van der Waals surface area contributed by atoms with Gasteiger partial charge in [-0.25, -0.2) is 0 Å². The second-order valence-corrected chi connectivity index (χ2v) is 7.48. The van der Waals surface area contributed by atoms with Gasteiger partial charge in [-0.2, -0.15) is 5.26 Å². The number of amides is 1. The Hall–Kier alpha value is -1.46. The van der Waals surface area contributed by atoms with E-state index in [0.717, 1.165) is 19.6 Å². The fourth-order valence-electron chi connectivity index (χ4n) is 2.60. The number of hydrogen-bond acceptors (Lipinski definition) is 6. The summed E-state index contributed by atoms with van der Waals surface area (Å²) in [7, 11) is 0. The first kappa shape index (κ1) is 19.9. The molecule has 1 amide bonds. The molecule has 8 heteroatoms. The molecule has 1 aromatic heterocycles. The SMILES string of the molecule is N#CCCN(CCN1CCOCC1)C(=O)CCC(=O)c1ccc(Cl)s1. The third kappa shape index (κ3) is 6.75. The maximum absolute atomic E-state index is 12.5. The molecule has 0 aromatic carbocycles. The molecule has 1 saturated heterocycles. The number of morpholine rings is 1. The Morgan fingerprint density at radius 2 is 2.04 bits per heavy atom. The molecule has 1 aromatic rings. The lowest BCUT2D eigenvalue weighted by atomic mass is 10.1. The predicted molar refractivity (Wildman–Crippen MR) is 97.0 cm³/mol. The van der Waals surface area contributed by atoms with E-state index in [9.17, 15) is 9.59 Å². The van der Waals surface area contributed by atoms with Crippen molar-refractivity contribution in [1.82, 2.24) is 9.80 Å². The van der Waals surface area contributed by atoms with Crippen LogP contribution in [-0.4, -0.2) is 67.4 Å².